The summed E-state index contributed by atoms with van der Waals surface area (Å²) in [5.74, 6) is -0.401. The SMILES string of the molecule is CN.NCCOCCOCCNC(=O)C(CCC=O)NC(=O)OCc1ccccc1. The predicted octanol–water partition coefficient (Wildman–Crippen LogP) is -0.0565. The second-order valence-corrected chi connectivity index (χ2v) is 5.81. The summed E-state index contributed by atoms with van der Waals surface area (Å²) in [6.45, 7) is 2.43. The Morgan fingerprint density at radius 1 is 1.07 bits per heavy atom. The molecule has 0 bridgehead atoms. The van der Waals surface area contributed by atoms with Crippen LogP contribution in [0.4, 0.5) is 4.79 Å². The molecule has 10 heteroatoms. The van der Waals surface area contributed by atoms with E-state index in [1.807, 2.05) is 30.3 Å². The molecule has 0 saturated carbocycles. The fourth-order valence-electron chi connectivity index (χ4n) is 2.19. The average Bonchev–Trinajstić information content (AvgIpc) is 2.79. The third-order valence-corrected chi connectivity index (χ3v) is 3.57. The van der Waals surface area contributed by atoms with Crippen molar-refractivity contribution in [3.63, 3.8) is 0 Å². The van der Waals surface area contributed by atoms with Gasteiger partial charge in [0.25, 0.3) is 0 Å². The van der Waals surface area contributed by atoms with Gasteiger partial charge in [0.05, 0.1) is 26.4 Å². The van der Waals surface area contributed by atoms with Crippen LogP contribution >= 0.6 is 0 Å². The summed E-state index contributed by atoms with van der Waals surface area (Å²) in [4.78, 5) is 34.8. The summed E-state index contributed by atoms with van der Waals surface area (Å²) >= 11 is 0. The Balaban J connectivity index is 0.00000407. The van der Waals surface area contributed by atoms with E-state index in [2.05, 4.69) is 16.4 Å². The average molecular weight is 427 g/mol. The van der Waals surface area contributed by atoms with Crippen molar-refractivity contribution in [1.29, 1.82) is 0 Å². The van der Waals surface area contributed by atoms with Gasteiger partial charge in [0.2, 0.25) is 5.91 Å². The second-order valence-electron chi connectivity index (χ2n) is 5.81. The Morgan fingerprint density at radius 2 is 1.73 bits per heavy atom. The normalized spacial score (nSPS) is 10.9. The van der Waals surface area contributed by atoms with Crippen molar-refractivity contribution in [1.82, 2.24) is 10.6 Å². The highest BCUT2D eigenvalue weighted by Crippen LogP contribution is 2.02. The maximum atomic E-state index is 12.2. The van der Waals surface area contributed by atoms with Crippen molar-refractivity contribution in [3.8, 4) is 0 Å². The Bertz CT molecular complexity index is 574. The van der Waals surface area contributed by atoms with Gasteiger partial charge in [-0.2, -0.15) is 0 Å². The number of aldehydes is 1. The molecule has 0 saturated heterocycles. The number of hydrogen-bond donors (Lipinski definition) is 4. The summed E-state index contributed by atoms with van der Waals surface area (Å²) in [7, 11) is 1.50. The minimum Gasteiger partial charge on any atom is -0.445 e. The highest BCUT2D eigenvalue weighted by atomic mass is 16.5. The molecule has 1 atom stereocenters. The van der Waals surface area contributed by atoms with Crippen LogP contribution in [-0.4, -0.2) is 70.9 Å². The first-order chi connectivity index (χ1) is 14.7. The van der Waals surface area contributed by atoms with Gasteiger partial charge in [0.15, 0.2) is 0 Å². The Labute approximate surface area is 177 Å². The molecular weight excluding hydrogens is 392 g/mol. The maximum absolute atomic E-state index is 12.2. The molecule has 10 nitrogen and oxygen atoms in total. The van der Waals surface area contributed by atoms with E-state index in [1.165, 1.54) is 7.05 Å². The predicted molar refractivity (Wildman–Crippen MR) is 113 cm³/mol. The Hall–Kier alpha value is -2.53. The first kappa shape index (κ1) is 27.5. The number of carbonyl (C=O) groups excluding carboxylic acids is 3. The summed E-state index contributed by atoms with van der Waals surface area (Å²) in [6, 6.07) is 8.32. The number of nitrogens with one attached hydrogen (secondary N) is 2. The van der Waals surface area contributed by atoms with Gasteiger partial charge in [-0.3, -0.25) is 4.79 Å². The summed E-state index contributed by atoms with van der Waals surface area (Å²) < 4.78 is 15.6. The zero-order chi connectivity index (χ0) is 22.5. The van der Waals surface area contributed by atoms with Gasteiger partial charge in [-0.15, -0.1) is 0 Å². The molecule has 0 aliphatic carbocycles. The zero-order valence-electron chi connectivity index (χ0n) is 17.5. The lowest BCUT2D eigenvalue weighted by atomic mass is 10.1. The van der Waals surface area contributed by atoms with Crippen molar-refractivity contribution in [2.75, 3.05) is 46.6 Å². The molecule has 6 N–H and O–H groups in total. The first-order valence-electron chi connectivity index (χ1n) is 9.79. The highest BCUT2D eigenvalue weighted by molar-refractivity contribution is 5.85. The molecule has 0 aliphatic rings. The van der Waals surface area contributed by atoms with Gasteiger partial charge in [-0.1, -0.05) is 30.3 Å². The van der Waals surface area contributed by atoms with E-state index in [4.69, 9.17) is 19.9 Å². The van der Waals surface area contributed by atoms with Crippen molar-refractivity contribution in [3.05, 3.63) is 35.9 Å². The summed E-state index contributed by atoms with van der Waals surface area (Å²) in [6.07, 6.45) is 0.306. The van der Waals surface area contributed by atoms with Crippen LogP contribution in [0.5, 0.6) is 0 Å². The van der Waals surface area contributed by atoms with Crippen LogP contribution in [0.2, 0.25) is 0 Å². The first-order valence-corrected chi connectivity index (χ1v) is 9.79. The zero-order valence-corrected chi connectivity index (χ0v) is 17.5. The molecule has 0 heterocycles. The van der Waals surface area contributed by atoms with Crippen molar-refractivity contribution < 1.29 is 28.6 Å². The maximum Gasteiger partial charge on any atom is 0.408 e. The number of nitrogens with two attached hydrogens (primary N) is 2. The monoisotopic (exact) mass is 426 g/mol. The van der Waals surface area contributed by atoms with Gasteiger partial charge in [0.1, 0.15) is 18.9 Å². The summed E-state index contributed by atoms with van der Waals surface area (Å²) in [5, 5.41) is 5.15. The third kappa shape index (κ3) is 14.5. The van der Waals surface area contributed by atoms with Gasteiger partial charge >= 0.3 is 6.09 Å². The molecular formula is C20H34N4O6. The van der Waals surface area contributed by atoms with Crippen LogP contribution in [0, 0.1) is 0 Å². The molecule has 1 unspecified atom stereocenters. The smallest absolute Gasteiger partial charge is 0.408 e. The molecule has 0 fully saturated rings. The van der Waals surface area contributed by atoms with E-state index in [-0.39, 0.29) is 26.0 Å². The van der Waals surface area contributed by atoms with E-state index in [0.717, 1.165) is 5.56 Å². The number of alkyl carbamates (subject to hydrolysis) is 1. The fourth-order valence-corrected chi connectivity index (χ4v) is 2.19. The molecule has 1 aromatic rings. The molecule has 1 aromatic carbocycles. The number of hydrogen-bond acceptors (Lipinski definition) is 8. The third-order valence-electron chi connectivity index (χ3n) is 3.57. The van der Waals surface area contributed by atoms with E-state index in [9.17, 15) is 14.4 Å². The molecule has 30 heavy (non-hydrogen) atoms. The number of rotatable bonds is 15. The number of benzene rings is 1. The van der Waals surface area contributed by atoms with Gasteiger partial charge < -0.3 is 41.1 Å². The van der Waals surface area contributed by atoms with E-state index >= 15 is 0 Å². The van der Waals surface area contributed by atoms with Gasteiger partial charge in [-0.05, 0) is 19.0 Å². The quantitative estimate of drug-likeness (QED) is 0.225. The van der Waals surface area contributed by atoms with Gasteiger partial charge in [-0.25, -0.2) is 4.79 Å². The molecule has 0 radical (unpaired) electrons. The Morgan fingerprint density at radius 3 is 2.37 bits per heavy atom. The van der Waals surface area contributed by atoms with Crippen molar-refractivity contribution in [2.45, 2.75) is 25.5 Å². The lowest BCUT2D eigenvalue weighted by molar-refractivity contribution is -0.123. The van der Waals surface area contributed by atoms with Crippen LogP contribution in [0.15, 0.2) is 30.3 Å². The second kappa shape index (κ2) is 19.8. The van der Waals surface area contributed by atoms with E-state index < -0.39 is 18.0 Å². The number of ether oxygens (including phenoxy) is 3. The standard InChI is InChI=1S/C19H29N3O6.CH5N/c20-8-11-26-13-14-27-12-9-21-18(24)17(7-4-10-23)22-19(25)28-15-16-5-2-1-3-6-16;1-2/h1-3,5-6,10,17H,4,7-9,11-15,20H2,(H,21,24)(H,22,25);2H2,1H3. The van der Waals surface area contributed by atoms with Crippen molar-refractivity contribution in [2.24, 2.45) is 11.5 Å². The molecule has 170 valence electrons. The van der Waals surface area contributed by atoms with Crippen LogP contribution in [0.25, 0.3) is 0 Å². The molecule has 2 amide bonds. The number of carbonyl (C=O) groups is 3. The fraction of sp³-hybridized carbons (Fsp3) is 0.550. The van der Waals surface area contributed by atoms with Crippen LogP contribution in [0.3, 0.4) is 0 Å². The number of amides is 2. The van der Waals surface area contributed by atoms with Crippen LogP contribution < -0.4 is 22.1 Å². The molecule has 1 rings (SSSR count). The molecule has 0 spiro atoms. The molecule has 0 aliphatic heterocycles. The lowest BCUT2D eigenvalue weighted by Crippen LogP contribution is -2.47. The minimum atomic E-state index is -0.860. The lowest BCUT2D eigenvalue weighted by Gasteiger charge is -2.17. The van der Waals surface area contributed by atoms with E-state index in [1.54, 1.807) is 0 Å². The van der Waals surface area contributed by atoms with E-state index in [0.29, 0.717) is 39.3 Å². The Kier molecular flexibility index (Phi) is 18.1. The highest BCUT2D eigenvalue weighted by Gasteiger charge is 2.20. The topological polar surface area (TPSA) is 155 Å². The summed E-state index contributed by atoms with van der Waals surface area (Å²) in [5.41, 5.74) is 10.6. The van der Waals surface area contributed by atoms with Crippen LogP contribution in [-0.2, 0) is 30.4 Å². The van der Waals surface area contributed by atoms with Gasteiger partial charge in [0, 0.05) is 19.5 Å². The molecule has 0 aromatic heterocycles. The van der Waals surface area contributed by atoms with Crippen molar-refractivity contribution >= 4 is 18.3 Å². The van der Waals surface area contributed by atoms with Crippen LogP contribution in [0.1, 0.15) is 18.4 Å². The minimum absolute atomic E-state index is 0.0920. The largest absolute Gasteiger partial charge is 0.445 e.